The first-order valence-corrected chi connectivity index (χ1v) is 21.7. The standard InChI is InChI=1S/C59H48N4/c1-40-28-30-61-58(32-40)49-21-13-43(14-22-49)9-11-46-34-47(12-10-44-15-23-50(24-16-44)59-33-41(2)29-31-62-59)36-52(35-46)53-6-4-5-7-54(53)55-26-25-51(57-27-8-42(3)39-63-57)37-56(55)48-19-17-45(38-60)18-20-48/h4-8,13-37,39H,9-12H2,1-3H3. The Balaban J connectivity index is 1.07. The van der Waals surface area contributed by atoms with Crippen LogP contribution in [-0.4, -0.2) is 15.0 Å². The number of rotatable bonds is 12. The molecule has 0 fully saturated rings. The summed E-state index contributed by atoms with van der Waals surface area (Å²) in [4.78, 5) is 14.0. The summed E-state index contributed by atoms with van der Waals surface area (Å²) < 4.78 is 0. The second-order valence-electron chi connectivity index (χ2n) is 16.6. The highest BCUT2D eigenvalue weighted by Crippen LogP contribution is 2.41. The van der Waals surface area contributed by atoms with Crippen LogP contribution in [-0.2, 0) is 25.7 Å². The normalized spacial score (nSPS) is 11.0. The van der Waals surface area contributed by atoms with E-state index in [1.54, 1.807) is 0 Å². The van der Waals surface area contributed by atoms with Crippen LogP contribution in [0, 0.1) is 32.1 Å². The zero-order chi connectivity index (χ0) is 43.1. The first-order chi connectivity index (χ1) is 30.8. The van der Waals surface area contributed by atoms with Crippen molar-refractivity contribution in [1.29, 1.82) is 5.26 Å². The van der Waals surface area contributed by atoms with Gasteiger partial charge in [-0.1, -0.05) is 121 Å². The fraction of sp³-hybridized carbons (Fsp3) is 0.119. The molecule has 0 aliphatic heterocycles. The molecule has 0 bridgehead atoms. The molecule has 4 nitrogen and oxygen atoms in total. The first kappa shape index (κ1) is 40.7. The van der Waals surface area contributed by atoms with Gasteiger partial charge in [0.05, 0.1) is 28.7 Å². The maximum absolute atomic E-state index is 9.62. The molecule has 0 amide bonds. The second kappa shape index (κ2) is 18.5. The molecule has 4 heteroatoms. The lowest BCUT2D eigenvalue weighted by Gasteiger charge is -2.18. The maximum Gasteiger partial charge on any atom is 0.0991 e. The molecule has 3 aromatic heterocycles. The lowest BCUT2D eigenvalue weighted by atomic mass is 9.86. The quantitative estimate of drug-likeness (QED) is 0.123. The van der Waals surface area contributed by atoms with Crippen LogP contribution in [0.25, 0.3) is 67.2 Å². The smallest absolute Gasteiger partial charge is 0.0991 e. The predicted octanol–water partition coefficient (Wildman–Crippen LogP) is 14.2. The highest BCUT2D eigenvalue weighted by Gasteiger charge is 2.16. The molecular weight excluding hydrogens is 765 g/mol. The molecule has 0 saturated carbocycles. The third-order valence-corrected chi connectivity index (χ3v) is 11.9. The SMILES string of the molecule is Cc1ccc(-c2ccc(-c3ccccc3-c3cc(CCc4ccc(-c5cc(C)ccn5)cc4)cc(CCc4ccc(-c5cc(C)ccn5)cc4)c3)c(-c3ccc(C#N)cc3)c2)nc1. The minimum absolute atomic E-state index is 0.639. The Morgan fingerprint density at radius 1 is 0.365 bits per heavy atom. The second-order valence-corrected chi connectivity index (χ2v) is 16.6. The number of aryl methyl sites for hydroxylation is 7. The van der Waals surface area contributed by atoms with Crippen LogP contribution in [0.4, 0.5) is 0 Å². The molecule has 0 spiro atoms. The molecule has 3 heterocycles. The van der Waals surface area contributed by atoms with Crippen molar-refractivity contribution in [2.45, 2.75) is 46.5 Å². The highest BCUT2D eigenvalue weighted by molar-refractivity contribution is 5.93. The van der Waals surface area contributed by atoms with Crippen molar-refractivity contribution in [3.8, 4) is 73.2 Å². The Morgan fingerprint density at radius 2 is 0.889 bits per heavy atom. The third kappa shape index (κ3) is 9.60. The Bertz CT molecular complexity index is 2960. The number of pyridine rings is 3. The van der Waals surface area contributed by atoms with Crippen LogP contribution in [0.5, 0.6) is 0 Å². The Hall–Kier alpha value is -7.74. The highest BCUT2D eigenvalue weighted by atomic mass is 14.7. The summed E-state index contributed by atoms with van der Waals surface area (Å²) in [5, 5.41) is 9.62. The van der Waals surface area contributed by atoms with Crippen LogP contribution in [0.2, 0.25) is 0 Å². The number of hydrogen-bond donors (Lipinski definition) is 0. The molecular formula is C59H48N4. The van der Waals surface area contributed by atoms with Gasteiger partial charge in [-0.3, -0.25) is 15.0 Å². The molecule has 0 atom stereocenters. The zero-order valence-corrected chi connectivity index (χ0v) is 36.0. The van der Waals surface area contributed by atoms with Gasteiger partial charge in [0, 0.05) is 35.3 Å². The number of nitrogens with zero attached hydrogens (tertiary/aromatic N) is 4. The predicted molar refractivity (Wildman–Crippen MR) is 259 cm³/mol. The average molecular weight is 813 g/mol. The number of benzene rings is 6. The van der Waals surface area contributed by atoms with E-state index in [1.807, 2.05) is 42.9 Å². The summed E-state index contributed by atoms with van der Waals surface area (Å²) in [6, 6.07) is 63.1. The summed E-state index contributed by atoms with van der Waals surface area (Å²) in [6.07, 6.45) is 9.36. The fourth-order valence-electron chi connectivity index (χ4n) is 8.37. The van der Waals surface area contributed by atoms with Crippen LogP contribution in [0.15, 0.2) is 188 Å². The molecule has 0 saturated heterocycles. The lowest BCUT2D eigenvalue weighted by Crippen LogP contribution is -1.98. The van der Waals surface area contributed by atoms with Crippen molar-refractivity contribution in [3.63, 3.8) is 0 Å². The van der Waals surface area contributed by atoms with E-state index in [2.05, 4.69) is 182 Å². The summed E-state index contributed by atoms with van der Waals surface area (Å²) in [6.45, 7) is 6.27. The monoisotopic (exact) mass is 812 g/mol. The van der Waals surface area contributed by atoms with Gasteiger partial charge in [0.1, 0.15) is 0 Å². The van der Waals surface area contributed by atoms with Crippen molar-refractivity contribution in [1.82, 2.24) is 15.0 Å². The molecule has 304 valence electrons. The van der Waals surface area contributed by atoms with Gasteiger partial charge in [0.15, 0.2) is 0 Å². The van der Waals surface area contributed by atoms with E-state index < -0.39 is 0 Å². The van der Waals surface area contributed by atoms with Crippen molar-refractivity contribution in [3.05, 3.63) is 233 Å². The Labute approximate surface area is 371 Å². The maximum atomic E-state index is 9.62. The van der Waals surface area contributed by atoms with Crippen LogP contribution >= 0.6 is 0 Å². The average Bonchev–Trinajstić information content (AvgIpc) is 3.33. The van der Waals surface area contributed by atoms with Gasteiger partial charge in [-0.25, -0.2) is 0 Å². The number of nitriles is 1. The van der Waals surface area contributed by atoms with Gasteiger partial charge < -0.3 is 0 Å². The van der Waals surface area contributed by atoms with Crippen molar-refractivity contribution in [2.24, 2.45) is 0 Å². The van der Waals surface area contributed by atoms with E-state index in [0.717, 1.165) is 87.3 Å². The number of aromatic nitrogens is 3. The van der Waals surface area contributed by atoms with Crippen molar-refractivity contribution in [2.75, 3.05) is 0 Å². The largest absolute Gasteiger partial charge is 0.256 e. The summed E-state index contributed by atoms with van der Waals surface area (Å²) >= 11 is 0. The summed E-state index contributed by atoms with van der Waals surface area (Å²) in [7, 11) is 0. The first-order valence-electron chi connectivity index (χ1n) is 21.7. The molecule has 63 heavy (non-hydrogen) atoms. The topological polar surface area (TPSA) is 62.5 Å². The van der Waals surface area contributed by atoms with E-state index >= 15 is 0 Å². The van der Waals surface area contributed by atoms with Crippen molar-refractivity contribution >= 4 is 0 Å². The van der Waals surface area contributed by atoms with Gasteiger partial charge in [-0.05, 0) is 167 Å². The van der Waals surface area contributed by atoms with Crippen molar-refractivity contribution < 1.29 is 0 Å². The zero-order valence-electron chi connectivity index (χ0n) is 36.0. The van der Waals surface area contributed by atoms with E-state index in [4.69, 9.17) is 4.98 Å². The lowest BCUT2D eigenvalue weighted by molar-refractivity contribution is 0.931. The molecule has 0 radical (unpaired) electrons. The van der Waals surface area contributed by atoms with E-state index in [9.17, 15) is 5.26 Å². The Morgan fingerprint density at radius 3 is 1.43 bits per heavy atom. The van der Waals surface area contributed by atoms with Crippen LogP contribution in [0.3, 0.4) is 0 Å². The molecule has 0 aliphatic carbocycles. The van der Waals surface area contributed by atoms with Crippen LogP contribution < -0.4 is 0 Å². The molecule has 0 N–H and O–H groups in total. The van der Waals surface area contributed by atoms with Gasteiger partial charge in [0.2, 0.25) is 0 Å². The van der Waals surface area contributed by atoms with E-state index in [1.165, 1.54) is 44.5 Å². The van der Waals surface area contributed by atoms with E-state index in [-0.39, 0.29) is 0 Å². The minimum atomic E-state index is 0.639. The van der Waals surface area contributed by atoms with Gasteiger partial charge in [0.25, 0.3) is 0 Å². The molecule has 0 unspecified atom stereocenters. The molecule has 0 aliphatic rings. The summed E-state index contributed by atoms with van der Waals surface area (Å²) in [5.74, 6) is 0. The Kier molecular flexibility index (Phi) is 11.9. The molecule has 6 aromatic carbocycles. The molecule has 9 rings (SSSR count). The third-order valence-electron chi connectivity index (χ3n) is 11.9. The molecule has 9 aromatic rings. The van der Waals surface area contributed by atoms with Gasteiger partial charge in [-0.2, -0.15) is 5.26 Å². The summed E-state index contributed by atoms with van der Waals surface area (Å²) in [5.41, 5.74) is 22.5. The minimum Gasteiger partial charge on any atom is -0.256 e. The van der Waals surface area contributed by atoms with Gasteiger partial charge >= 0.3 is 0 Å². The van der Waals surface area contributed by atoms with Gasteiger partial charge in [-0.15, -0.1) is 0 Å². The van der Waals surface area contributed by atoms with E-state index in [0.29, 0.717) is 5.56 Å². The van der Waals surface area contributed by atoms with Crippen LogP contribution in [0.1, 0.15) is 44.5 Å². The number of hydrogen-bond acceptors (Lipinski definition) is 4. The fourth-order valence-corrected chi connectivity index (χ4v) is 8.37.